The monoisotopic (exact) mass is 478 g/mol. The van der Waals surface area contributed by atoms with E-state index in [0.717, 1.165) is 67.7 Å². The molecule has 4 heterocycles. The van der Waals surface area contributed by atoms with E-state index < -0.39 is 0 Å². The zero-order valence-electron chi connectivity index (χ0n) is 19.2. The van der Waals surface area contributed by atoms with Crippen LogP contribution < -0.4 is 10.2 Å². The second-order valence-corrected chi connectivity index (χ2v) is 9.52. The van der Waals surface area contributed by atoms with Gasteiger partial charge in [-0.15, -0.1) is 11.3 Å². The van der Waals surface area contributed by atoms with E-state index in [0.29, 0.717) is 24.8 Å². The van der Waals surface area contributed by atoms with Crippen molar-refractivity contribution in [1.82, 2.24) is 9.88 Å². The van der Waals surface area contributed by atoms with E-state index in [1.165, 1.54) is 0 Å². The van der Waals surface area contributed by atoms with Crippen molar-refractivity contribution in [1.29, 1.82) is 0 Å². The van der Waals surface area contributed by atoms with Crippen LogP contribution in [0.1, 0.15) is 40.0 Å². The van der Waals surface area contributed by atoms with E-state index >= 15 is 0 Å². The molecule has 34 heavy (non-hydrogen) atoms. The van der Waals surface area contributed by atoms with Gasteiger partial charge in [0.25, 0.3) is 5.91 Å². The Labute approximate surface area is 204 Å². The Kier molecular flexibility index (Phi) is 7.38. The van der Waals surface area contributed by atoms with Crippen LogP contribution in [0.15, 0.2) is 58.5 Å². The lowest BCUT2D eigenvalue weighted by atomic mass is 9.97. The normalized spacial score (nSPS) is 17.9. The third-order valence-electron chi connectivity index (χ3n) is 6.38. The number of anilines is 2. The largest absolute Gasteiger partial charge is 0.465 e. The Balaban J connectivity index is 1.15. The number of nitrogens with zero attached hydrogens (tertiary/aromatic N) is 3. The van der Waals surface area contributed by atoms with Gasteiger partial charge in [-0.3, -0.25) is 9.69 Å². The first-order chi connectivity index (χ1) is 16.8. The number of thiazole rings is 1. The summed E-state index contributed by atoms with van der Waals surface area (Å²) < 4.78 is 10.8. The maximum atomic E-state index is 13.0. The topological polar surface area (TPSA) is 70.8 Å². The molecule has 8 heteroatoms. The zero-order valence-corrected chi connectivity index (χ0v) is 20.0. The van der Waals surface area contributed by atoms with Crippen molar-refractivity contribution in [3.8, 4) is 0 Å². The van der Waals surface area contributed by atoms with Crippen molar-refractivity contribution in [3.63, 3.8) is 0 Å². The minimum atomic E-state index is -0.149. The van der Waals surface area contributed by atoms with Gasteiger partial charge in [0.2, 0.25) is 0 Å². The summed E-state index contributed by atoms with van der Waals surface area (Å²) >= 11 is 1.60. The highest BCUT2D eigenvalue weighted by Gasteiger charge is 2.24. The second kappa shape index (κ2) is 11.0. The third-order valence-corrected chi connectivity index (χ3v) is 7.39. The number of hydrogen-bond acceptors (Lipinski definition) is 7. The number of ether oxygens (including phenoxy) is 1. The summed E-state index contributed by atoms with van der Waals surface area (Å²) in [6, 6.07) is 11.8. The zero-order chi connectivity index (χ0) is 23.2. The summed E-state index contributed by atoms with van der Waals surface area (Å²) in [6.07, 6.45) is 7.98. The van der Waals surface area contributed by atoms with Gasteiger partial charge in [-0.25, -0.2) is 4.98 Å². The van der Waals surface area contributed by atoms with Crippen LogP contribution in [0.2, 0.25) is 0 Å². The number of amides is 1. The Morgan fingerprint density at radius 1 is 1.12 bits per heavy atom. The first-order valence-electron chi connectivity index (χ1n) is 11.9. The number of likely N-dealkylation sites (tertiary alicyclic amines) is 1. The quantitative estimate of drug-likeness (QED) is 0.530. The van der Waals surface area contributed by atoms with Crippen LogP contribution in [0.5, 0.6) is 0 Å². The average Bonchev–Trinajstić information content (AvgIpc) is 3.58. The van der Waals surface area contributed by atoms with Crippen molar-refractivity contribution in [2.24, 2.45) is 0 Å². The van der Waals surface area contributed by atoms with Gasteiger partial charge in [-0.05, 0) is 56.3 Å². The predicted octanol–water partition coefficient (Wildman–Crippen LogP) is 4.72. The van der Waals surface area contributed by atoms with Crippen LogP contribution in [0.25, 0.3) is 6.08 Å². The molecule has 3 aromatic rings. The number of hydrogen-bond donors (Lipinski definition) is 1. The van der Waals surface area contributed by atoms with Crippen molar-refractivity contribution >= 4 is 34.7 Å². The molecule has 178 valence electrons. The van der Waals surface area contributed by atoms with Crippen LogP contribution in [-0.2, 0) is 4.74 Å². The number of para-hydroxylation sites is 2. The molecule has 1 aromatic carbocycles. The summed E-state index contributed by atoms with van der Waals surface area (Å²) in [5, 5.41) is 6.04. The number of aromatic nitrogens is 1. The van der Waals surface area contributed by atoms with E-state index in [1.807, 2.05) is 47.9 Å². The fraction of sp³-hybridized carbons (Fsp3) is 0.385. The summed E-state index contributed by atoms with van der Waals surface area (Å²) in [5.74, 6) is 1.15. The maximum absolute atomic E-state index is 13.0. The highest BCUT2D eigenvalue weighted by Crippen LogP contribution is 2.31. The molecule has 0 bridgehead atoms. The number of rotatable bonds is 7. The molecule has 5 rings (SSSR count). The summed E-state index contributed by atoms with van der Waals surface area (Å²) in [7, 11) is 0. The summed E-state index contributed by atoms with van der Waals surface area (Å²) in [5.41, 5.74) is 2.35. The second-order valence-electron chi connectivity index (χ2n) is 8.63. The molecule has 2 fully saturated rings. The molecule has 1 amide bonds. The van der Waals surface area contributed by atoms with Gasteiger partial charge in [-0.2, -0.15) is 0 Å². The fourth-order valence-corrected chi connectivity index (χ4v) is 5.46. The molecule has 1 N–H and O–H groups in total. The predicted molar refractivity (Wildman–Crippen MR) is 136 cm³/mol. The van der Waals surface area contributed by atoms with Gasteiger partial charge in [0.1, 0.15) is 11.5 Å². The van der Waals surface area contributed by atoms with Gasteiger partial charge in [-0.1, -0.05) is 18.2 Å². The molecule has 0 radical (unpaired) electrons. The minimum absolute atomic E-state index is 0.149. The van der Waals surface area contributed by atoms with Crippen LogP contribution in [0.4, 0.5) is 11.4 Å². The number of morpholine rings is 1. The molecule has 0 aliphatic carbocycles. The highest BCUT2D eigenvalue weighted by molar-refractivity contribution is 7.10. The molecule has 2 aromatic heterocycles. The smallest absolute Gasteiger partial charge is 0.275 e. The number of piperidine rings is 1. The van der Waals surface area contributed by atoms with E-state index in [9.17, 15) is 4.79 Å². The van der Waals surface area contributed by atoms with Gasteiger partial charge in [0, 0.05) is 30.9 Å². The molecule has 0 spiro atoms. The lowest BCUT2D eigenvalue weighted by Crippen LogP contribution is -2.36. The van der Waals surface area contributed by atoms with Crippen molar-refractivity contribution in [3.05, 3.63) is 70.6 Å². The molecular formula is C26H30N4O3S. The molecular weight excluding hydrogens is 448 g/mol. The standard InChI is InChI=1S/C26H30N4O3S/c31-25(27-22-7-1-2-8-24(22)30-14-17-32-18-15-30)23-19-34-26(28-23)20-9-12-29(13-10-20)11-3-5-21-6-4-16-33-21/h1-8,16,19-20H,9-15,17-18H2,(H,27,31). The Bertz CT molecular complexity index is 1100. The molecule has 2 aliphatic heterocycles. The SMILES string of the molecule is O=C(Nc1ccccc1N1CCOCC1)c1csc(C2CCN(CC=Cc3ccco3)CC2)n1. The lowest BCUT2D eigenvalue weighted by Gasteiger charge is -2.30. The highest BCUT2D eigenvalue weighted by atomic mass is 32.1. The van der Waals surface area contributed by atoms with Gasteiger partial charge in [0.05, 0.1) is 35.9 Å². The first kappa shape index (κ1) is 22.8. The van der Waals surface area contributed by atoms with E-state index in [1.54, 1.807) is 17.6 Å². The Hall–Kier alpha value is -2.94. The Morgan fingerprint density at radius 2 is 1.94 bits per heavy atom. The molecule has 0 atom stereocenters. The molecule has 2 saturated heterocycles. The maximum Gasteiger partial charge on any atom is 0.275 e. The van der Waals surface area contributed by atoms with E-state index in [2.05, 4.69) is 21.2 Å². The Morgan fingerprint density at radius 3 is 2.74 bits per heavy atom. The van der Waals surface area contributed by atoms with Gasteiger partial charge in [0.15, 0.2) is 0 Å². The average molecular weight is 479 g/mol. The number of furan rings is 1. The molecule has 0 unspecified atom stereocenters. The van der Waals surface area contributed by atoms with Crippen molar-refractivity contribution < 1.29 is 13.9 Å². The van der Waals surface area contributed by atoms with Crippen molar-refractivity contribution in [2.45, 2.75) is 18.8 Å². The van der Waals surface area contributed by atoms with Crippen LogP contribution in [-0.4, -0.2) is 61.7 Å². The number of carbonyl (C=O) groups excluding carboxylic acids is 1. The van der Waals surface area contributed by atoms with E-state index in [4.69, 9.17) is 14.1 Å². The van der Waals surface area contributed by atoms with Crippen LogP contribution in [0, 0.1) is 0 Å². The number of benzene rings is 1. The fourth-order valence-electron chi connectivity index (χ4n) is 4.49. The van der Waals surface area contributed by atoms with E-state index in [-0.39, 0.29) is 5.91 Å². The van der Waals surface area contributed by atoms with Crippen molar-refractivity contribution in [2.75, 3.05) is 56.2 Å². The third kappa shape index (κ3) is 5.58. The number of nitrogens with one attached hydrogen (secondary N) is 1. The van der Waals surface area contributed by atoms with Gasteiger partial charge < -0.3 is 19.4 Å². The van der Waals surface area contributed by atoms with Gasteiger partial charge >= 0.3 is 0 Å². The lowest BCUT2D eigenvalue weighted by molar-refractivity contribution is 0.102. The number of carbonyl (C=O) groups is 1. The molecule has 7 nitrogen and oxygen atoms in total. The van der Waals surface area contributed by atoms with Crippen LogP contribution >= 0.6 is 11.3 Å². The first-order valence-corrected chi connectivity index (χ1v) is 12.7. The minimum Gasteiger partial charge on any atom is -0.465 e. The summed E-state index contributed by atoms with van der Waals surface area (Å²) in [6.45, 7) is 6.04. The van der Waals surface area contributed by atoms with Crippen LogP contribution in [0.3, 0.4) is 0 Å². The molecule has 2 aliphatic rings. The molecule has 0 saturated carbocycles. The summed E-state index contributed by atoms with van der Waals surface area (Å²) in [4.78, 5) is 22.4.